The van der Waals surface area contributed by atoms with Crippen LogP contribution in [0.1, 0.15) is 41.2 Å². The summed E-state index contributed by atoms with van der Waals surface area (Å²) in [6.07, 6.45) is 2.03. The normalized spacial score (nSPS) is 12.2. The van der Waals surface area contributed by atoms with Gasteiger partial charge in [0.15, 0.2) is 0 Å². The van der Waals surface area contributed by atoms with Crippen LogP contribution in [0.4, 0.5) is 4.39 Å². The first-order valence-electron chi connectivity index (χ1n) is 8.86. The lowest BCUT2D eigenvalue weighted by atomic mass is 10.1. The van der Waals surface area contributed by atoms with Crippen LogP contribution in [0, 0.1) is 26.6 Å². The second kappa shape index (κ2) is 7.34. The maximum atomic E-state index is 13.1. The van der Waals surface area contributed by atoms with Gasteiger partial charge in [-0.25, -0.2) is 9.07 Å². The number of rotatable bonds is 5. The van der Waals surface area contributed by atoms with Gasteiger partial charge in [0, 0.05) is 29.6 Å². The molecule has 0 aliphatic carbocycles. The van der Waals surface area contributed by atoms with E-state index in [0.29, 0.717) is 6.42 Å². The Balaban J connectivity index is 1.73. The Morgan fingerprint density at radius 3 is 2.44 bits per heavy atom. The molecule has 6 nitrogen and oxygen atoms in total. The van der Waals surface area contributed by atoms with Crippen molar-refractivity contribution in [2.75, 3.05) is 0 Å². The smallest absolute Gasteiger partial charge is 0.225 e. The van der Waals surface area contributed by atoms with Gasteiger partial charge in [-0.1, -0.05) is 0 Å². The van der Waals surface area contributed by atoms with Crippen LogP contribution in [0.15, 0.2) is 30.5 Å². The zero-order valence-corrected chi connectivity index (χ0v) is 16.2. The van der Waals surface area contributed by atoms with Gasteiger partial charge in [0.05, 0.1) is 30.0 Å². The molecule has 0 bridgehead atoms. The summed E-state index contributed by atoms with van der Waals surface area (Å²) in [5.41, 5.74) is 5.44. The Morgan fingerprint density at radius 1 is 1.19 bits per heavy atom. The molecule has 0 spiro atoms. The Hall–Kier alpha value is -2.96. The van der Waals surface area contributed by atoms with E-state index in [9.17, 15) is 9.18 Å². The standard InChI is InChI=1S/C20H24FN5O/c1-12(23-20(27)10-18-13(2)24-25(5)14(18)3)19-11-22-26(15(19)4)17-8-6-16(21)7-9-17/h6-9,11-12H,10H2,1-5H3,(H,23,27). The third-order valence-corrected chi connectivity index (χ3v) is 4.96. The van der Waals surface area contributed by atoms with Crippen molar-refractivity contribution in [3.05, 3.63) is 64.5 Å². The predicted molar refractivity (Wildman–Crippen MR) is 101 cm³/mol. The van der Waals surface area contributed by atoms with Crippen molar-refractivity contribution in [2.24, 2.45) is 7.05 Å². The molecule has 2 aromatic heterocycles. The minimum atomic E-state index is -0.287. The van der Waals surface area contributed by atoms with E-state index in [4.69, 9.17) is 0 Å². The molecule has 3 rings (SSSR count). The summed E-state index contributed by atoms with van der Waals surface area (Å²) in [5.74, 6) is -0.346. The molecule has 1 unspecified atom stereocenters. The van der Waals surface area contributed by atoms with Crippen molar-refractivity contribution in [3.63, 3.8) is 0 Å². The summed E-state index contributed by atoms with van der Waals surface area (Å²) in [7, 11) is 1.87. The Kier molecular flexibility index (Phi) is 5.12. The van der Waals surface area contributed by atoms with Crippen molar-refractivity contribution >= 4 is 5.91 Å². The molecule has 2 heterocycles. The van der Waals surface area contributed by atoms with E-state index < -0.39 is 0 Å². The zero-order chi connectivity index (χ0) is 19.7. The third-order valence-electron chi connectivity index (χ3n) is 4.96. The van der Waals surface area contributed by atoms with Crippen LogP contribution in [0.3, 0.4) is 0 Å². The number of hydrogen-bond donors (Lipinski definition) is 1. The highest BCUT2D eigenvalue weighted by atomic mass is 19.1. The molecule has 0 aliphatic heterocycles. The van der Waals surface area contributed by atoms with Gasteiger partial charge in [0.1, 0.15) is 5.82 Å². The van der Waals surface area contributed by atoms with Gasteiger partial charge in [-0.2, -0.15) is 10.2 Å². The number of aromatic nitrogens is 4. The SMILES string of the molecule is Cc1nn(C)c(C)c1CC(=O)NC(C)c1cnn(-c2ccc(F)cc2)c1C. The maximum absolute atomic E-state index is 13.1. The lowest BCUT2D eigenvalue weighted by Gasteiger charge is -2.14. The summed E-state index contributed by atoms with van der Waals surface area (Å²) in [4.78, 5) is 12.5. The van der Waals surface area contributed by atoms with Gasteiger partial charge >= 0.3 is 0 Å². The van der Waals surface area contributed by atoms with Gasteiger partial charge in [0.25, 0.3) is 0 Å². The number of aryl methyl sites for hydroxylation is 2. The number of carbonyl (C=O) groups is 1. The summed E-state index contributed by atoms with van der Waals surface area (Å²) in [5, 5.41) is 11.8. The number of benzene rings is 1. The molecule has 142 valence electrons. The lowest BCUT2D eigenvalue weighted by molar-refractivity contribution is -0.121. The first kappa shape index (κ1) is 18.8. The Labute approximate surface area is 158 Å². The largest absolute Gasteiger partial charge is 0.349 e. The van der Waals surface area contributed by atoms with Crippen LogP contribution in [0.25, 0.3) is 5.69 Å². The monoisotopic (exact) mass is 369 g/mol. The topological polar surface area (TPSA) is 64.7 Å². The molecule has 3 aromatic rings. The van der Waals surface area contributed by atoms with Crippen LogP contribution in [-0.4, -0.2) is 25.5 Å². The summed E-state index contributed by atoms with van der Waals surface area (Å²) < 4.78 is 16.7. The molecular formula is C20H24FN5O. The highest BCUT2D eigenvalue weighted by Crippen LogP contribution is 2.21. The lowest BCUT2D eigenvalue weighted by Crippen LogP contribution is -2.28. The highest BCUT2D eigenvalue weighted by Gasteiger charge is 2.19. The molecule has 0 saturated heterocycles. The van der Waals surface area contributed by atoms with E-state index in [1.807, 2.05) is 34.7 Å². The maximum Gasteiger partial charge on any atom is 0.225 e. The van der Waals surface area contributed by atoms with Crippen molar-refractivity contribution in [3.8, 4) is 5.69 Å². The molecule has 1 amide bonds. The second-order valence-corrected chi connectivity index (χ2v) is 6.81. The van der Waals surface area contributed by atoms with Crippen LogP contribution in [0.2, 0.25) is 0 Å². The number of halogens is 1. The van der Waals surface area contributed by atoms with E-state index in [-0.39, 0.29) is 17.8 Å². The van der Waals surface area contributed by atoms with Crippen molar-refractivity contribution < 1.29 is 9.18 Å². The fourth-order valence-corrected chi connectivity index (χ4v) is 3.29. The van der Waals surface area contributed by atoms with E-state index in [0.717, 1.165) is 33.9 Å². The number of nitrogens with zero attached hydrogens (tertiary/aromatic N) is 4. The first-order chi connectivity index (χ1) is 12.8. The first-order valence-corrected chi connectivity index (χ1v) is 8.86. The minimum Gasteiger partial charge on any atom is -0.349 e. The van der Waals surface area contributed by atoms with Gasteiger partial charge < -0.3 is 5.32 Å². The average Bonchev–Trinajstić information content (AvgIpc) is 3.11. The average molecular weight is 369 g/mol. The highest BCUT2D eigenvalue weighted by molar-refractivity contribution is 5.79. The quantitative estimate of drug-likeness (QED) is 0.752. The summed E-state index contributed by atoms with van der Waals surface area (Å²) in [6, 6.07) is 5.97. The van der Waals surface area contributed by atoms with Crippen molar-refractivity contribution in [2.45, 2.75) is 40.2 Å². The van der Waals surface area contributed by atoms with Crippen molar-refractivity contribution in [1.29, 1.82) is 0 Å². The number of amides is 1. The molecule has 1 N–H and O–H groups in total. The molecule has 0 fully saturated rings. The fourth-order valence-electron chi connectivity index (χ4n) is 3.29. The van der Waals surface area contributed by atoms with E-state index in [1.54, 1.807) is 27.7 Å². The Morgan fingerprint density at radius 2 is 1.85 bits per heavy atom. The van der Waals surface area contributed by atoms with E-state index >= 15 is 0 Å². The molecule has 0 radical (unpaired) electrons. The van der Waals surface area contributed by atoms with Crippen LogP contribution >= 0.6 is 0 Å². The van der Waals surface area contributed by atoms with E-state index in [2.05, 4.69) is 15.5 Å². The molecule has 0 saturated carbocycles. The van der Waals surface area contributed by atoms with Crippen LogP contribution in [-0.2, 0) is 18.3 Å². The third kappa shape index (κ3) is 3.77. The number of nitrogens with one attached hydrogen (secondary N) is 1. The summed E-state index contributed by atoms with van der Waals surface area (Å²) >= 11 is 0. The molecular weight excluding hydrogens is 345 g/mol. The molecule has 0 aliphatic rings. The van der Waals surface area contributed by atoms with E-state index in [1.165, 1.54) is 12.1 Å². The number of hydrogen-bond acceptors (Lipinski definition) is 3. The van der Waals surface area contributed by atoms with Gasteiger partial charge in [-0.05, 0) is 52.0 Å². The molecule has 1 aromatic carbocycles. The minimum absolute atomic E-state index is 0.0596. The van der Waals surface area contributed by atoms with Gasteiger partial charge in [-0.15, -0.1) is 0 Å². The Bertz CT molecular complexity index is 971. The molecule has 1 atom stereocenters. The number of carbonyl (C=O) groups excluding carboxylic acids is 1. The van der Waals surface area contributed by atoms with Gasteiger partial charge in [0.2, 0.25) is 5.91 Å². The second-order valence-electron chi connectivity index (χ2n) is 6.81. The van der Waals surface area contributed by atoms with Crippen LogP contribution < -0.4 is 5.32 Å². The molecule has 27 heavy (non-hydrogen) atoms. The predicted octanol–water partition coefficient (Wildman–Crippen LogP) is 3.09. The molecule has 7 heteroatoms. The van der Waals surface area contributed by atoms with Crippen molar-refractivity contribution in [1.82, 2.24) is 24.9 Å². The summed E-state index contributed by atoms with van der Waals surface area (Å²) in [6.45, 7) is 7.74. The zero-order valence-electron chi connectivity index (χ0n) is 16.2. The van der Waals surface area contributed by atoms with Gasteiger partial charge in [-0.3, -0.25) is 9.48 Å². The fraction of sp³-hybridized carbons (Fsp3) is 0.350. The van der Waals surface area contributed by atoms with Crippen LogP contribution in [0.5, 0.6) is 0 Å².